The Labute approximate surface area is 107 Å². The maximum atomic E-state index is 13.4. The summed E-state index contributed by atoms with van der Waals surface area (Å²) < 4.78 is 75.5. The van der Waals surface area contributed by atoms with Gasteiger partial charge in [0.05, 0.1) is 11.5 Å². The first-order valence-electron chi connectivity index (χ1n) is 5.60. The van der Waals surface area contributed by atoms with E-state index >= 15 is 0 Å². The van der Waals surface area contributed by atoms with Crippen molar-refractivity contribution in [3.05, 3.63) is 29.3 Å². The van der Waals surface area contributed by atoms with E-state index in [4.69, 9.17) is 0 Å². The van der Waals surface area contributed by atoms with E-state index < -0.39 is 44.8 Å². The monoisotopic (exact) mass is 297 g/mol. The van der Waals surface area contributed by atoms with Gasteiger partial charge in [-0.3, -0.25) is 0 Å². The second-order valence-electron chi connectivity index (χ2n) is 4.44. The number of anilines is 1. The van der Waals surface area contributed by atoms with Crippen molar-refractivity contribution in [1.29, 1.82) is 0 Å². The standard InChI is InChI=1S/C11H11F4NO2S/c12-7-4-8(13)10(15)11(9(7)14)16-6-2-1-3-19(17,18)5-6/h4,6,16H,1-3,5H2. The van der Waals surface area contributed by atoms with Gasteiger partial charge in [0.15, 0.2) is 33.1 Å². The third-order valence-electron chi connectivity index (χ3n) is 2.92. The van der Waals surface area contributed by atoms with Crippen LogP contribution >= 0.6 is 0 Å². The summed E-state index contributed by atoms with van der Waals surface area (Å²) in [4.78, 5) is 0. The molecule has 1 saturated heterocycles. The molecule has 1 aromatic carbocycles. The van der Waals surface area contributed by atoms with Gasteiger partial charge in [0.1, 0.15) is 5.69 Å². The maximum absolute atomic E-state index is 13.4. The number of hydrogen-bond acceptors (Lipinski definition) is 3. The van der Waals surface area contributed by atoms with Gasteiger partial charge >= 0.3 is 0 Å². The van der Waals surface area contributed by atoms with E-state index in [0.717, 1.165) is 0 Å². The van der Waals surface area contributed by atoms with E-state index in [1.54, 1.807) is 0 Å². The van der Waals surface area contributed by atoms with Crippen molar-refractivity contribution in [3.63, 3.8) is 0 Å². The molecule has 1 unspecified atom stereocenters. The average Bonchev–Trinajstić information content (AvgIpc) is 2.31. The van der Waals surface area contributed by atoms with Crippen LogP contribution < -0.4 is 5.32 Å². The second kappa shape index (κ2) is 4.99. The van der Waals surface area contributed by atoms with Crippen LogP contribution in [0.2, 0.25) is 0 Å². The molecular formula is C11H11F4NO2S. The lowest BCUT2D eigenvalue weighted by molar-refractivity contribution is 0.455. The highest BCUT2D eigenvalue weighted by atomic mass is 32.2. The predicted octanol–water partition coefficient (Wildman–Crippen LogP) is 2.23. The molecule has 2 rings (SSSR count). The first-order valence-corrected chi connectivity index (χ1v) is 7.42. The van der Waals surface area contributed by atoms with Crippen molar-refractivity contribution in [3.8, 4) is 0 Å². The number of benzene rings is 1. The summed E-state index contributed by atoms with van der Waals surface area (Å²) in [5, 5.41) is 2.25. The van der Waals surface area contributed by atoms with E-state index in [2.05, 4.69) is 5.32 Å². The van der Waals surface area contributed by atoms with E-state index in [-0.39, 0.29) is 17.6 Å². The van der Waals surface area contributed by atoms with Crippen LogP contribution in [0.15, 0.2) is 6.07 Å². The summed E-state index contributed by atoms with van der Waals surface area (Å²) >= 11 is 0. The minimum absolute atomic E-state index is 0.00760. The highest BCUT2D eigenvalue weighted by Crippen LogP contribution is 2.26. The Morgan fingerprint density at radius 3 is 2.21 bits per heavy atom. The fraction of sp³-hybridized carbons (Fsp3) is 0.455. The summed E-state index contributed by atoms with van der Waals surface area (Å²) in [6, 6.07) is -0.656. The topological polar surface area (TPSA) is 46.2 Å². The smallest absolute Gasteiger partial charge is 0.185 e. The SMILES string of the molecule is O=S1(=O)CCCC(Nc2c(F)c(F)cc(F)c2F)C1. The Hall–Kier alpha value is -1.31. The number of halogens is 4. The summed E-state index contributed by atoms with van der Waals surface area (Å²) in [5.41, 5.74) is -0.959. The Kier molecular flexibility index (Phi) is 3.71. The highest BCUT2D eigenvalue weighted by molar-refractivity contribution is 7.91. The number of nitrogens with one attached hydrogen (secondary N) is 1. The molecule has 0 radical (unpaired) electrons. The summed E-state index contributed by atoms with van der Waals surface area (Å²) in [6.07, 6.45) is 0.692. The van der Waals surface area contributed by atoms with Gasteiger partial charge < -0.3 is 5.32 Å². The van der Waals surface area contributed by atoms with Crippen molar-refractivity contribution in [2.45, 2.75) is 18.9 Å². The summed E-state index contributed by atoms with van der Waals surface area (Å²) in [5.74, 6) is -6.47. The zero-order valence-electron chi connectivity index (χ0n) is 9.72. The quantitative estimate of drug-likeness (QED) is 0.672. The number of rotatable bonds is 2. The normalized spacial score (nSPS) is 22.2. The molecule has 0 amide bonds. The van der Waals surface area contributed by atoms with Gasteiger partial charge in [0.25, 0.3) is 0 Å². The van der Waals surface area contributed by atoms with Gasteiger partial charge in [-0.05, 0) is 12.8 Å². The van der Waals surface area contributed by atoms with Crippen molar-refractivity contribution >= 4 is 15.5 Å². The van der Waals surface area contributed by atoms with Crippen molar-refractivity contribution < 1.29 is 26.0 Å². The summed E-state index contributed by atoms with van der Waals surface area (Å²) in [6.45, 7) is 0. The average molecular weight is 297 g/mol. The number of hydrogen-bond donors (Lipinski definition) is 1. The van der Waals surface area contributed by atoms with Crippen molar-refractivity contribution in [1.82, 2.24) is 0 Å². The van der Waals surface area contributed by atoms with Crippen LogP contribution in [0.5, 0.6) is 0 Å². The number of sulfone groups is 1. The molecule has 0 bridgehead atoms. The van der Waals surface area contributed by atoms with Crippen LogP contribution in [-0.2, 0) is 9.84 Å². The maximum Gasteiger partial charge on any atom is 0.185 e. The fourth-order valence-electron chi connectivity index (χ4n) is 2.04. The highest BCUT2D eigenvalue weighted by Gasteiger charge is 2.27. The van der Waals surface area contributed by atoms with Gasteiger partial charge in [-0.2, -0.15) is 0 Å². The minimum atomic E-state index is -3.29. The molecule has 106 valence electrons. The zero-order chi connectivity index (χ0) is 14.2. The Balaban J connectivity index is 2.29. The van der Waals surface area contributed by atoms with Crippen LogP contribution in [0.1, 0.15) is 12.8 Å². The Bertz CT molecular complexity index is 577. The molecule has 0 aliphatic carbocycles. The van der Waals surface area contributed by atoms with Crippen molar-refractivity contribution in [2.24, 2.45) is 0 Å². The zero-order valence-corrected chi connectivity index (χ0v) is 10.5. The van der Waals surface area contributed by atoms with Gasteiger partial charge in [-0.1, -0.05) is 0 Å². The molecular weight excluding hydrogens is 286 g/mol. The van der Waals surface area contributed by atoms with Crippen molar-refractivity contribution in [2.75, 3.05) is 16.8 Å². The van der Waals surface area contributed by atoms with Gasteiger partial charge in [-0.25, -0.2) is 26.0 Å². The van der Waals surface area contributed by atoms with E-state index in [0.29, 0.717) is 12.8 Å². The Morgan fingerprint density at radius 1 is 1.11 bits per heavy atom. The van der Waals surface area contributed by atoms with Gasteiger partial charge in [0, 0.05) is 12.1 Å². The Morgan fingerprint density at radius 2 is 1.68 bits per heavy atom. The molecule has 1 aromatic rings. The fourth-order valence-corrected chi connectivity index (χ4v) is 3.68. The van der Waals surface area contributed by atoms with Gasteiger partial charge in [-0.15, -0.1) is 0 Å². The third-order valence-corrected chi connectivity index (χ3v) is 4.74. The van der Waals surface area contributed by atoms with Crippen LogP contribution in [0.3, 0.4) is 0 Å². The van der Waals surface area contributed by atoms with E-state index in [9.17, 15) is 26.0 Å². The van der Waals surface area contributed by atoms with Crippen LogP contribution in [-0.4, -0.2) is 26.0 Å². The minimum Gasteiger partial charge on any atom is -0.376 e. The van der Waals surface area contributed by atoms with E-state index in [1.807, 2.05) is 0 Å². The largest absolute Gasteiger partial charge is 0.376 e. The van der Waals surface area contributed by atoms with Crippen LogP contribution in [0, 0.1) is 23.3 Å². The lowest BCUT2D eigenvalue weighted by Crippen LogP contribution is -2.35. The molecule has 1 N–H and O–H groups in total. The predicted molar refractivity (Wildman–Crippen MR) is 61.6 cm³/mol. The van der Waals surface area contributed by atoms with Gasteiger partial charge in [0.2, 0.25) is 0 Å². The first-order chi connectivity index (χ1) is 8.80. The molecule has 3 nitrogen and oxygen atoms in total. The molecule has 1 fully saturated rings. The third kappa shape index (κ3) is 2.99. The van der Waals surface area contributed by atoms with E-state index in [1.165, 1.54) is 0 Å². The molecule has 1 aliphatic heterocycles. The molecule has 0 aromatic heterocycles. The first kappa shape index (κ1) is 14.1. The second-order valence-corrected chi connectivity index (χ2v) is 6.67. The van der Waals surface area contributed by atoms with Crippen LogP contribution in [0.4, 0.5) is 23.2 Å². The molecule has 0 spiro atoms. The molecule has 1 heterocycles. The lowest BCUT2D eigenvalue weighted by atomic mass is 10.1. The molecule has 0 saturated carbocycles. The molecule has 8 heteroatoms. The van der Waals surface area contributed by atoms with Crippen LogP contribution in [0.25, 0.3) is 0 Å². The molecule has 1 aliphatic rings. The molecule has 19 heavy (non-hydrogen) atoms. The lowest BCUT2D eigenvalue weighted by Gasteiger charge is -2.24. The summed E-state index contributed by atoms with van der Waals surface area (Å²) in [7, 11) is -3.29. The molecule has 1 atom stereocenters.